The summed E-state index contributed by atoms with van der Waals surface area (Å²) in [5.74, 6) is -3.91. The van der Waals surface area contributed by atoms with Gasteiger partial charge in [-0.1, -0.05) is 0 Å². The maximum absolute atomic E-state index is 12.3. The Bertz CT molecular complexity index is 709. The zero-order valence-corrected chi connectivity index (χ0v) is 16.0. The van der Waals surface area contributed by atoms with Crippen LogP contribution in [0, 0.1) is 0 Å². The Morgan fingerprint density at radius 1 is 1.14 bits per heavy atom. The van der Waals surface area contributed by atoms with Crippen LogP contribution in [0.4, 0.5) is 0 Å². The van der Waals surface area contributed by atoms with Crippen LogP contribution in [0.2, 0.25) is 0 Å². The second-order valence-corrected chi connectivity index (χ2v) is 6.43. The Morgan fingerprint density at radius 3 is 2.28 bits per heavy atom. The van der Waals surface area contributed by atoms with Crippen molar-refractivity contribution in [2.75, 3.05) is 6.61 Å². The van der Waals surface area contributed by atoms with E-state index in [1.807, 2.05) is 5.32 Å². The third-order valence-corrected chi connectivity index (χ3v) is 3.94. The molecule has 0 spiro atoms. The molecule has 1 aromatic rings. The Kier molecular flexibility index (Phi) is 9.18. The summed E-state index contributed by atoms with van der Waals surface area (Å²) in [6, 6.07) is -5.16. The molecule has 162 valence electrons. The van der Waals surface area contributed by atoms with E-state index in [1.165, 1.54) is 26.4 Å². The first-order valence-electron chi connectivity index (χ1n) is 8.72. The number of amides is 3. The molecule has 3 amide bonds. The molecule has 0 radical (unpaired) electrons. The summed E-state index contributed by atoms with van der Waals surface area (Å²) in [6.45, 7) is 1.69. The van der Waals surface area contributed by atoms with E-state index in [0.29, 0.717) is 5.69 Å². The summed E-state index contributed by atoms with van der Waals surface area (Å²) in [5, 5.41) is 34.2. The predicted molar refractivity (Wildman–Crippen MR) is 98.1 cm³/mol. The number of aromatic amines is 1. The van der Waals surface area contributed by atoms with E-state index >= 15 is 0 Å². The van der Waals surface area contributed by atoms with Gasteiger partial charge >= 0.3 is 5.97 Å². The molecule has 9 N–H and O–H groups in total. The first kappa shape index (κ1) is 24.0. The number of hydrogen-bond donors (Lipinski definition) is 8. The molecular formula is C16H26N6O7. The van der Waals surface area contributed by atoms with Gasteiger partial charge in [0.05, 0.1) is 25.1 Å². The van der Waals surface area contributed by atoms with Crippen LogP contribution in [-0.2, 0) is 25.6 Å². The normalized spacial score (nSPS) is 16.0. The van der Waals surface area contributed by atoms with Crippen LogP contribution in [0.1, 0.15) is 19.5 Å². The Hall–Kier alpha value is -3.03. The second kappa shape index (κ2) is 11.1. The van der Waals surface area contributed by atoms with Crippen LogP contribution in [0.15, 0.2) is 12.5 Å². The minimum Gasteiger partial charge on any atom is -0.480 e. The fourth-order valence-corrected chi connectivity index (χ4v) is 2.24. The van der Waals surface area contributed by atoms with E-state index in [4.69, 9.17) is 15.9 Å². The van der Waals surface area contributed by atoms with Crippen LogP contribution in [0.5, 0.6) is 0 Å². The molecule has 1 rings (SSSR count). The minimum absolute atomic E-state index is 0.163. The number of rotatable bonds is 11. The van der Waals surface area contributed by atoms with Crippen molar-refractivity contribution in [1.82, 2.24) is 25.9 Å². The average Bonchev–Trinajstić information content (AvgIpc) is 3.15. The summed E-state index contributed by atoms with van der Waals surface area (Å²) in [6.07, 6.45) is 1.73. The van der Waals surface area contributed by atoms with Gasteiger partial charge in [0.15, 0.2) is 0 Å². The number of nitrogens with zero attached hydrogens (tertiary/aromatic N) is 1. The number of carbonyl (C=O) groups excluding carboxylic acids is 3. The van der Waals surface area contributed by atoms with Gasteiger partial charge in [0.25, 0.3) is 0 Å². The van der Waals surface area contributed by atoms with E-state index in [0.717, 1.165) is 0 Å². The largest absolute Gasteiger partial charge is 0.480 e. The number of hydrogen-bond acceptors (Lipinski definition) is 8. The van der Waals surface area contributed by atoms with E-state index in [1.54, 1.807) is 0 Å². The number of carboxylic acid groups (broad SMARTS) is 1. The van der Waals surface area contributed by atoms with Crippen molar-refractivity contribution in [2.24, 2.45) is 5.73 Å². The van der Waals surface area contributed by atoms with Crippen LogP contribution < -0.4 is 21.7 Å². The molecule has 1 heterocycles. The van der Waals surface area contributed by atoms with E-state index < -0.39 is 60.6 Å². The van der Waals surface area contributed by atoms with Crippen molar-refractivity contribution < 1.29 is 34.5 Å². The number of nitrogens with two attached hydrogens (primary N) is 1. The number of aliphatic hydroxyl groups excluding tert-OH is 2. The molecule has 5 atom stereocenters. The number of aliphatic hydroxyl groups is 2. The van der Waals surface area contributed by atoms with E-state index in [9.17, 15) is 24.3 Å². The molecule has 0 aliphatic rings. The van der Waals surface area contributed by atoms with Crippen molar-refractivity contribution in [1.29, 1.82) is 0 Å². The smallest absolute Gasteiger partial charge is 0.328 e. The number of H-pyrrole nitrogens is 1. The van der Waals surface area contributed by atoms with Gasteiger partial charge in [0, 0.05) is 18.3 Å². The monoisotopic (exact) mass is 414 g/mol. The topological polar surface area (TPSA) is 220 Å². The number of aliphatic carboxylic acids is 1. The van der Waals surface area contributed by atoms with Gasteiger partial charge in [0.1, 0.15) is 18.1 Å². The molecule has 13 heteroatoms. The lowest BCUT2D eigenvalue weighted by molar-refractivity contribution is -0.144. The van der Waals surface area contributed by atoms with Gasteiger partial charge in [-0.2, -0.15) is 0 Å². The van der Waals surface area contributed by atoms with Crippen LogP contribution in [-0.4, -0.2) is 85.9 Å². The fourth-order valence-electron chi connectivity index (χ4n) is 2.24. The number of carbonyl (C=O) groups is 4. The lowest BCUT2D eigenvalue weighted by atomic mass is 10.1. The van der Waals surface area contributed by atoms with Crippen molar-refractivity contribution >= 4 is 23.7 Å². The molecule has 13 nitrogen and oxygen atoms in total. The van der Waals surface area contributed by atoms with Crippen molar-refractivity contribution in [2.45, 2.75) is 50.5 Å². The molecule has 0 aromatic carbocycles. The highest BCUT2D eigenvalue weighted by atomic mass is 16.4. The third-order valence-electron chi connectivity index (χ3n) is 3.94. The highest BCUT2D eigenvalue weighted by Crippen LogP contribution is 1.99. The zero-order chi connectivity index (χ0) is 22.1. The maximum atomic E-state index is 12.3. The van der Waals surface area contributed by atoms with Crippen molar-refractivity contribution in [3.63, 3.8) is 0 Å². The van der Waals surface area contributed by atoms with Crippen LogP contribution >= 0.6 is 0 Å². The highest BCUT2D eigenvalue weighted by molar-refractivity contribution is 5.94. The number of nitrogens with one attached hydrogen (secondary N) is 4. The molecule has 0 aliphatic carbocycles. The fraction of sp³-hybridized carbons (Fsp3) is 0.562. The van der Waals surface area contributed by atoms with E-state index in [-0.39, 0.29) is 6.42 Å². The molecule has 1 aromatic heterocycles. The summed E-state index contributed by atoms with van der Waals surface area (Å²) >= 11 is 0. The molecule has 0 saturated heterocycles. The van der Waals surface area contributed by atoms with E-state index in [2.05, 4.69) is 20.6 Å². The predicted octanol–water partition coefficient (Wildman–Crippen LogP) is -3.79. The number of aromatic nitrogens is 2. The number of imidazole rings is 1. The lowest BCUT2D eigenvalue weighted by Gasteiger charge is -2.24. The Labute approximate surface area is 166 Å². The molecule has 0 saturated carbocycles. The van der Waals surface area contributed by atoms with Gasteiger partial charge in [-0.15, -0.1) is 0 Å². The summed E-state index contributed by atoms with van der Waals surface area (Å²) < 4.78 is 0. The van der Waals surface area contributed by atoms with Gasteiger partial charge in [-0.25, -0.2) is 9.78 Å². The standard InChI is InChI=1S/C16H26N6O7/c1-7(20-14(26)10(17)3-9-4-18-6-19-9)13(25)22-12(8(2)24)15(27)21-11(5-23)16(28)29/h4,6-8,10-12,23-24H,3,5,17H2,1-2H3,(H,18,19)(H,20,26)(H,21,27)(H,22,25)(H,28,29). The quantitative estimate of drug-likeness (QED) is 0.178. The van der Waals surface area contributed by atoms with Gasteiger partial charge in [-0.3, -0.25) is 14.4 Å². The van der Waals surface area contributed by atoms with Crippen LogP contribution in [0.3, 0.4) is 0 Å². The molecule has 0 fully saturated rings. The average molecular weight is 414 g/mol. The Morgan fingerprint density at radius 2 is 1.79 bits per heavy atom. The minimum atomic E-state index is -1.60. The first-order valence-corrected chi connectivity index (χ1v) is 8.72. The maximum Gasteiger partial charge on any atom is 0.328 e. The SMILES string of the molecule is CC(NC(=O)C(N)Cc1cnc[nH]1)C(=O)NC(C(=O)NC(CO)C(=O)O)C(C)O. The van der Waals surface area contributed by atoms with Gasteiger partial charge < -0.3 is 42.0 Å². The molecule has 29 heavy (non-hydrogen) atoms. The lowest BCUT2D eigenvalue weighted by Crippen LogP contribution is -2.59. The van der Waals surface area contributed by atoms with Gasteiger partial charge in [-0.05, 0) is 13.8 Å². The van der Waals surface area contributed by atoms with Crippen molar-refractivity contribution in [3.8, 4) is 0 Å². The first-order chi connectivity index (χ1) is 13.6. The molecule has 0 bridgehead atoms. The molecular weight excluding hydrogens is 388 g/mol. The summed E-state index contributed by atoms with van der Waals surface area (Å²) in [5.41, 5.74) is 6.41. The zero-order valence-electron chi connectivity index (χ0n) is 16.0. The van der Waals surface area contributed by atoms with Crippen molar-refractivity contribution in [3.05, 3.63) is 18.2 Å². The molecule has 0 aliphatic heterocycles. The summed E-state index contributed by atoms with van der Waals surface area (Å²) in [7, 11) is 0. The summed E-state index contributed by atoms with van der Waals surface area (Å²) in [4.78, 5) is 54.1. The van der Waals surface area contributed by atoms with Crippen LogP contribution in [0.25, 0.3) is 0 Å². The molecule has 5 unspecified atom stereocenters. The van der Waals surface area contributed by atoms with Gasteiger partial charge in [0.2, 0.25) is 17.7 Å². The highest BCUT2D eigenvalue weighted by Gasteiger charge is 2.31. The second-order valence-electron chi connectivity index (χ2n) is 6.43. The third kappa shape index (κ3) is 7.48. The number of carboxylic acids is 1. The Balaban J connectivity index is 2.65.